The standard InChI is InChI=1S/C27H23NO3/c1-18-15-16-19(2)24(17-18)28-26(29)25(21-10-4-3-5-11-21)31-27(30)23-14-8-12-20-9-6-7-13-22(20)23/h3-17,25H,1-2H3,(H,28,29)/t25-/m0/s1. The summed E-state index contributed by atoms with van der Waals surface area (Å²) in [6.07, 6.45) is -1.08. The monoisotopic (exact) mass is 409 g/mol. The van der Waals surface area contributed by atoms with Gasteiger partial charge in [0.1, 0.15) is 0 Å². The van der Waals surface area contributed by atoms with E-state index in [0.717, 1.165) is 21.9 Å². The molecule has 1 atom stereocenters. The van der Waals surface area contributed by atoms with E-state index in [1.165, 1.54) is 0 Å². The first-order valence-corrected chi connectivity index (χ1v) is 10.1. The molecule has 0 aliphatic rings. The fraction of sp³-hybridized carbons (Fsp3) is 0.111. The number of anilines is 1. The molecule has 1 N–H and O–H groups in total. The van der Waals surface area contributed by atoms with Gasteiger partial charge in [0.2, 0.25) is 6.10 Å². The molecule has 1 amide bonds. The quantitative estimate of drug-likeness (QED) is 0.412. The van der Waals surface area contributed by atoms with Crippen LogP contribution < -0.4 is 5.32 Å². The van der Waals surface area contributed by atoms with Gasteiger partial charge in [-0.2, -0.15) is 0 Å². The molecular formula is C27H23NO3. The SMILES string of the molecule is Cc1ccc(C)c(NC(=O)[C@@H](OC(=O)c2cccc3ccccc23)c2ccccc2)c1. The normalized spacial score (nSPS) is 11.7. The lowest BCUT2D eigenvalue weighted by atomic mass is 10.0. The Balaban J connectivity index is 1.66. The Bertz CT molecular complexity index is 1240. The zero-order valence-electron chi connectivity index (χ0n) is 17.5. The van der Waals surface area contributed by atoms with Crippen molar-refractivity contribution in [2.75, 3.05) is 5.32 Å². The van der Waals surface area contributed by atoms with E-state index in [1.807, 2.05) is 86.6 Å². The van der Waals surface area contributed by atoms with Gasteiger partial charge in [-0.25, -0.2) is 4.79 Å². The van der Waals surface area contributed by atoms with Crippen molar-refractivity contribution in [2.24, 2.45) is 0 Å². The molecule has 4 heteroatoms. The lowest BCUT2D eigenvalue weighted by Gasteiger charge is -2.19. The lowest BCUT2D eigenvalue weighted by Crippen LogP contribution is -2.26. The first-order chi connectivity index (χ1) is 15.0. The molecule has 4 aromatic carbocycles. The van der Waals surface area contributed by atoms with E-state index in [9.17, 15) is 9.59 Å². The van der Waals surface area contributed by atoms with Crippen molar-refractivity contribution in [3.63, 3.8) is 0 Å². The van der Waals surface area contributed by atoms with Crippen molar-refractivity contribution >= 4 is 28.3 Å². The molecule has 0 spiro atoms. The molecular weight excluding hydrogens is 386 g/mol. The highest BCUT2D eigenvalue weighted by atomic mass is 16.5. The number of benzene rings is 4. The highest BCUT2D eigenvalue weighted by molar-refractivity contribution is 6.06. The Kier molecular flexibility index (Phi) is 5.80. The van der Waals surface area contributed by atoms with E-state index in [0.29, 0.717) is 16.8 Å². The maximum Gasteiger partial charge on any atom is 0.339 e. The van der Waals surface area contributed by atoms with Crippen LogP contribution in [0.15, 0.2) is 91.0 Å². The first kappa shape index (κ1) is 20.4. The first-order valence-electron chi connectivity index (χ1n) is 10.1. The van der Waals surface area contributed by atoms with Crippen molar-refractivity contribution in [3.05, 3.63) is 113 Å². The summed E-state index contributed by atoms with van der Waals surface area (Å²) in [6, 6.07) is 28.0. The number of hydrogen-bond acceptors (Lipinski definition) is 3. The largest absolute Gasteiger partial charge is 0.444 e. The number of carbonyl (C=O) groups excluding carboxylic acids is 2. The second kappa shape index (κ2) is 8.84. The predicted octanol–water partition coefficient (Wildman–Crippen LogP) is 5.99. The minimum atomic E-state index is -1.08. The Morgan fingerprint density at radius 2 is 1.52 bits per heavy atom. The lowest BCUT2D eigenvalue weighted by molar-refractivity contribution is -0.125. The van der Waals surface area contributed by atoms with Crippen molar-refractivity contribution in [2.45, 2.75) is 20.0 Å². The molecule has 0 aromatic heterocycles. The predicted molar refractivity (Wildman–Crippen MR) is 123 cm³/mol. The minimum Gasteiger partial charge on any atom is -0.444 e. The van der Waals surface area contributed by atoms with Gasteiger partial charge in [0, 0.05) is 11.3 Å². The molecule has 154 valence electrons. The second-order valence-corrected chi connectivity index (χ2v) is 7.53. The molecule has 0 unspecified atom stereocenters. The molecule has 31 heavy (non-hydrogen) atoms. The molecule has 0 bridgehead atoms. The maximum atomic E-state index is 13.2. The molecule has 0 saturated carbocycles. The summed E-state index contributed by atoms with van der Waals surface area (Å²) < 4.78 is 5.78. The van der Waals surface area contributed by atoms with Gasteiger partial charge in [-0.1, -0.05) is 78.9 Å². The van der Waals surface area contributed by atoms with Crippen molar-refractivity contribution in [1.29, 1.82) is 0 Å². The summed E-state index contributed by atoms with van der Waals surface area (Å²) in [4.78, 5) is 26.3. The number of amides is 1. The molecule has 4 rings (SSSR count). The van der Waals surface area contributed by atoms with Crippen LogP contribution in [-0.4, -0.2) is 11.9 Å². The minimum absolute atomic E-state index is 0.395. The topological polar surface area (TPSA) is 55.4 Å². The highest BCUT2D eigenvalue weighted by Gasteiger charge is 2.26. The fourth-order valence-electron chi connectivity index (χ4n) is 3.54. The third-order valence-electron chi connectivity index (χ3n) is 5.23. The third-order valence-corrected chi connectivity index (χ3v) is 5.23. The van der Waals surface area contributed by atoms with E-state index < -0.39 is 18.0 Å². The Morgan fingerprint density at radius 1 is 0.806 bits per heavy atom. The average molecular weight is 409 g/mol. The number of rotatable bonds is 5. The van der Waals surface area contributed by atoms with Gasteiger partial charge in [-0.3, -0.25) is 4.79 Å². The maximum absolute atomic E-state index is 13.2. The zero-order chi connectivity index (χ0) is 21.8. The van der Waals surface area contributed by atoms with Crippen molar-refractivity contribution in [3.8, 4) is 0 Å². The third kappa shape index (κ3) is 4.48. The summed E-state index contributed by atoms with van der Waals surface area (Å²) in [5, 5.41) is 4.65. The van der Waals surface area contributed by atoms with E-state index in [1.54, 1.807) is 18.2 Å². The molecule has 0 aliphatic heterocycles. The highest BCUT2D eigenvalue weighted by Crippen LogP contribution is 2.26. The van der Waals surface area contributed by atoms with Crippen LogP contribution in [0.2, 0.25) is 0 Å². The van der Waals surface area contributed by atoms with Crippen LogP contribution in [0.1, 0.15) is 33.2 Å². The smallest absolute Gasteiger partial charge is 0.339 e. The Labute approximate surface area is 181 Å². The van der Waals surface area contributed by atoms with Gasteiger partial charge in [-0.15, -0.1) is 0 Å². The van der Waals surface area contributed by atoms with Crippen LogP contribution in [0.3, 0.4) is 0 Å². The summed E-state index contributed by atoms with van der Waals surface area (Å²) in [5.41, 5.74) is 3.71. The van der Waals surface area contributed by atoms with Crippen LogP contribution in [0, 0.1) is 13.8 Å². The van der Waals surface area contributed by atoms with E-state index >= 15 is 0 Å². The van der Waals surface area contributed by atoms with Crippen molar-refractivity contribution in [1.82, 2.24) is 0 Å². The van der Waals surface area contributed by atoms with Gasteiger partial charge in [-0.05, 0) is 47.9 Å². The fourth-order valence-corrected chi connectivity index (χ4v) is 3.54. The molecule has 0 heterocycles. The molecule has 0 radical (unpaired) electrons. The summed E-state index contributed by atoms with van der Waals surface area (Å²) in [5.74, 6) is -0.935. The van der Waals surface area contributed by atoms with E-state index in [4.69, 9.17) is 4.74 Å². The number of esters is 1. The number of ether oxygens (including phenoxy) is 1. The van der Waals surface area contributed by atoms with E-state index in [-0.39, 0.29) is 0 Å². The van der Waals surface area contributed by atoms with Gasteiger partial charge in [0.25, 0.3) is 5.91 Å². The zero-order valence-corrected chi connectivity index (χ0v) is 17.5. The molecule has 0 fully saturated rings. The number of carbonyl (C=O) groups is 2. The Hall–Kier alpha value is -3.92. The van der Waals surface area contributed by atoms with Crippen molar-refractivity contribution < 1.29 is 14.3 Å². The number of aryl methyl sites for hydroxylation is 2. The summed E-state index contributed by atoms with van der Waals surface area (Å²) >= 11 is 0. The molecule has 0 aliphatic carbocycles. The number of fused-ring (bicyclic) bond motifs is 1. The molecule has 0 saturated heterocycles. The van der Waals surface area contributed by atoms with Gasteiger partial charge in [0.15, 0.2) is 0 Å². The average Bonchev–Trinajstić information content (AvgIpc) is 2.79. The van der Waals surface area contributed by atoms with Gasteiger partial charge >= 0.3 is 5.97 Å². The second-order valence-electron chi connectivity index (χ2n) is 7.53. The Morgan fingerprint density at radius 3 is 2.32 bits per heavy atom. The number of hydrogen-bond donors (Lipinski definition) is 1. The summed E-state index contributed by atoms with van der Waals surface area (Å²) in [6.45, 7) is 3.89. The summed E-state index contributed by atoms with van der Waals surface area (Å²) in [7, 11) is 0. The van der Waals surface area contributed by atoms with Gasteiger partial charge < -0.3 is 10.1 Å². The van der Waals surface area contributed by atoms with Crippen LogP contribution >= 0.6 is 0 Å². The van der Waals surface area contributed by atoms with Crippen LogP contribution in [-0.2, 0) is 9.53 Å². The molecule has 4 nitrogen and oxygen atoms in total. The molecule has 4 aromatic rings. The van der Waals surface area contributed by atoms with E-state index in [2.05, 4.69) is 5.32 Å². The van der Waals surface area contributed by atoms with Crippen LogP contribution in [0.5, 0.6) is 0 Å². The number of nitrogens with one attached hydrogen (secondary N) is 1. The van der Waals surface area contributed by atoms with Crippen LogP contribution in [0.25, 0.3) is 10.8 Å². The van der Waals surface area contributed by atoms with Crippen LogP contribution in [0.4, 0.5) is 5.69 Å². The van der Waals surface area contributed by atoms with Gasteiger partial charge in [0.05, 0.1) is 5.56 Å².